The molecule has 0 aromatic heterocycles. The molecule has 1 heterocycles. The monoisotopic (exact) mass is 293 g/mol. The van der Waals surface area contributed by atoms with Gasteiger partial charge in [0.15, 0.2) is 0 Å². The molecular formula is C10H19N3O5S. The van der Waals surface area contributed by atoms with E-state index in [0.717, 1.165) is 4.31 Å². The Balaban J connectivity index is 2.43. The van der Waals surface area contributed by atoms with Crippen LogP contribution in [0.15, 0.2) is 0 Å². The van der Waals surface area contributed by atoms with Crippen molar-refractivity contribution in [2.75, 3.05) is 26.2 Å². The predicted molar refractivity (Wildman–Crippen MR) is 67.3 cm³/mol. The molecule has 1 rings (SSSR count). The van der Waals surface area contributed by atoms with Gasteiger partial charge in [-0.25, -0.2) is 5.14 Å². The van der Waals surface area contributed by atoms with Crippen molar-refractivity contribution in [2.45, 2.75) is 19.8 Å². The summed E-state index contributed by atoms with van der Waals surface area (Å²) >= 11 is 0. The normalized spacial score (nSPS) is 19.2. The molecule has 0 aromatic rings. The summed E-state index contributed by atoms with van der Waals surface area (Å²) in [5.74, 6) is -1.32. The minimum absolute atomic E-state index is 0.0527. The number of carbonyl (C=O) groups is 2. The highest BCUT2D eigenvalue weighted by Gasteiger charge is 2.27. The maximum Gasteiger partial charge on any atom is 0.303 e. The molecule has 0 radical (unpaired) electrons. The molecule has 1 amide bonds. The summed E-state index contributed by atoms with van der Waals surface area (Å²) in [5.41, 5.74) is 0. The van der Waals surface area contributed by atoms with Gasteiger partial charge in [-0.2, -0.15) is 12.7 Å². The van der Waals surface area contributed by atoms with Crippen LogP contribution in [0.4, 0.5) is 0 Å². The standard InChI is InChI=1S/C10H19N3O5S/c1-8(7-10(15)16)6-9(14)12-2-4-13(5-3-12)19(11,17)18/h8H,2-7H2,1H3,(H,15,16)(H2,11,17,18). The Morgan fingerprint density at radius 1 is 1.21 bits per heavy atom. The second kappa shape index (κ2) is 6.31. The molecule has 1 fully saturated rings. The van der Waals surface area contributed by atoms with Crippen LogP contribution < -0.4 is 5.14 Å². The summed E-state index contributed by atoms with van der Waals surface area (Å²) in [6, 6.07) is 0. The molecule has 0 aliphatic carbocycles. The van der Waals surface area contributed by atoms with E-state index >= 15 is 0 Å². The van der Waals surface area contributed by atoms with Gasteiger partial charge in [-0.15, -0.1) is 0 Å². The van der Waals surface area contributed by atoms with Gasteiger partial charge in [0.05, 0.1) is 0 Å². The quantitative estimate of drug-likeness (QED) is 0.662. The van der Waals surface area contributed by atoms with Crippen LogP contribution in [0, 0.1) is 5.92 Å². The average molecular weight is 293 g/mol. The highest BCUT2D eigenvalue weighted by atomic mass is 32.2. The minimum atomic E-state index is -3.70. The first-order valence-electron chi connectivity index (χ1n) is 5.97. The fraction of sp³-hybridized carbons (Fsp3) is 0.800. The fourth-order valence-corrected chi connectivity index (χ4v) is 2.66. The first kappa shape index (κ1) is 15.9. The van der Waals surface area contributed by atoms with Gasteiger partial charge in [0.25, 0.3) is 10.2 Å². The number of nitrogens with two attached hydrogens (primary N) is 1. The Labute approximate surface area is 112 Å². The molecule has 1 aliphatic rings. The van der Waals surface area contributed by atoms with Crippen molar-refractivity contribution in [3.8, 4) is 0 Å². The van der Waals surface area contributed by atoms with Crippen molar-refractivity contribution in [3.63, 3.8) is 0 Å². The number of piperazine rings is 1. The lowest BCUT2D eigenvalue weighted by Gasteiger charge is -2.33. The second-order valence-corrected chi connectivity index (χ2v) is 6.28. The lowest BCUT2D eigenvalue weighted by molar-refractivity contribution is -0.138. The third-order valence-corrected chi connectivity index (χ3v) is 4.08. The van der Waals surface area contributed by atoms with Crippen molar-refractivity contribution >= 4 is 22.1 Å². The van der Waals surface area contributed by atoms with Crippen LogP contribution in [0.3, 0.4) is 0 Å². The number of amides is 1. The number of rotatable bonds is 5. The Morgan fingerprint density at radius 3 is 2.16 bits per heavy atom. The van der Waals surface area contributed by atoms with Crippen LogP contribution in [-0.4, -0.2) is 60.8 Å². The molecule has 3 N–H and O–H groups in total. The van der Waals surface area contributed by atoms with Crippen LogP contribution in [0.25, 0.3) is 0 Å². The zero-order chi connectivity index (χ0) is 14.6. The van der Waals surface area contributed by atoms with Crippen LogP contribution in [0.2, 0.25) is 0 Å². The molecule has 0 bridgehead atoms. The molecule has 9 heteroatoms. The maximum absolute atomic E-state index is 11.9. The zero-order valence-corrected chi connectivity index (χ0v) is 11.6. The highest BCUT2D eigenvalue weighted by Crippen LogP contribution is 2.12. The highest BCUT2D eigenvalue weighted by molar-refractivity contribution is 7.86. The van der Waals surface area contributed by atoms with Crippen LogP contribution >= 0.6 is 0 Å². The van der Waals surface area contributed by atoms with E-state index in [9.17, 15) is 18.0 Å². The third kappa shape index (κ3) is 5.13. The predicted octanol–water partition coefficient (Wildman–Crippen LogP) is -1.16. The molecule has 110 valence electrons. The average Bonchev–Trinajstić information content (AvgIpc) is 2.26. The molecular weight excluding hydrogens is 274 g/mol. The summed E-state index contributed by atoms with van der Waals surface area (Å²) in [4.78, 5) is 23.9. The number of carboxylic acids is 1. The number of aliphatic carboxylic acids is 1. The lowest BCUT2D eigenvalue weighted by atomic mass is 10.0. The maximum atomic E-state index is 11.9. The van der Waals surface area contributed by atoms with Gasteiger partial charge in [0, 0.05) is 39.0 Å². The topological polar surface area (TPSA) is 121 Å². The molecule has 1 aliphatic heterocycles. The number of hydrogen-bond donors (Lipinski definition) is 2. The van der Waals surface area contributed by atoms with E-state index in [0.29, 0.717) is 0 Å². The van der Waals surface area contributed by atoms with Gasteiger partial charge in [-0.05, 0) is 5.92 Å². The molecule has 0 saturated carbocycles. The Morgan fingerprint density at radius 2 is 1.74 bits per heavy atom. The summed E-state index contributed by atoms with van der Waals surface area (Å²) in [6.07, 6.45) is 0.102. The number of hydrogen-bond acceptors (Lipinski definition) is 4. The van der Waals surface area contributed by atoms with E-state index in [2.05, 4.69) is 0 Å². The van der Waals surface area contributed by atoms with E-state index in [4.69, 9.17) is 10.2 Å². The van der Waals surface area contributed by atoms with Crippen LogP contribution in [0.5, 0.6) is 0 Å². The lowest BCUT2D eigenvalue weighted by Crippen LogP contribution is -2.52. The zero-order valence-electron chi connectivity index (χ0n) is 10.8. The molecule has 1 unspecified atom stereocenters. The van der Waals surface area contributed by atoms with Gasteiger partial charge >= 0.3 is 5.97 Å². The minimum Gasteiger partial charge on any atom is -0.481 e. The molecule has 0 spiro atoms. The Kier molecular flexibility index (Phi) is 5.27. The number of carbonyl (C=O) groups excluding carboxylic acids is 1. The summed E-state index contributed by atoms with van der Waals surface area (Å²) < 4.78 is 23.3. The summed E-state index contributed by atoms with van der Waals surface area (Å²) in [6.45, 7) is 2.63. The van der Waals surface area contributed by atoms with Crippen LogP contribution in [0.1, 0.15) is 19.8 Å². The second-order valence-electron chi connectivity index (χ2n) is 4.73. The SMILES string of the molecule is CC(CC(=O)O)CC(=O)N1CCN(S(N)(=O)=O)CC1. The number of carboxylic acid groups (broad SMARTS) is 1. The largest absolute Gasteiger partial charge is 0.481 e. The van der Waals surface area contributed by atoms with Crippen molar-refractivity contribution in [1.29, 1.82) is 0 Å². The molecule has 1 saturated heterocycles. The number of nitrogens with zero attached hydrogens (tertiary/aromatic N) is 2. The van der Waals surface area contributed by atoms with E-state index in [1.54, 1.807) is 11.8 Å². The van der Waals surface area contributed by atoms with E-state index < -0.39 is 16.2 Å². The van der Waals surface area contributed by atoms with E-state index in [1.165, 1.54) is 0 Å². The van der Waals surface area contributed by atoms with E-state index in [-0.39, 0.29) is 50.8 Å². The van der Waals surface area contributed by atoms with Crippen LogP contribution in [-0.2, 0) is 19.8 Å². The molecule has 19 heavy (non-hydrogen) atoms. The first-order valence-corrected chi connectivity index (χ1v) is 7.48. The summed E-state index contributed by atoms with van der Waals surface area (Å²) in [7, 11) is -3.70. The van der Waals surface area contributed by atoms with Gasteiger partial charge in [-0.1, -0.05) is 6.92 Å². The van der Waals surface area contributed by atoms with Crippen molar-refractivity contribution in [3.05, 3.63) is 0 Å². The van der Waals surface area contributed by atoms with Gasteiger partial charge in [0.2, 0.25) is 5.91 Å². The van der Waals surface area contributed by atoms with Gasteiger partial charge in [-0.3, -0.25) is 9.59 Å². The fourth-order valence-electron chi connectivity index (χ4n) is 1.99. The Bertz CT molecular complexity index is 442. The first-order chi connectivity index (χ1) is 8.70. The van der Waals surface area contributed by atoms with Gasteiger partial charge < -0.3 is 10.0 Å². The molecule has 1 atom stereocenters. The van der Waals surface area contributed by atoms with Crippen molar-refractivity contribution in [2.24, 2.45) is 11.1 Å². The Hall–Kier alpha value is -1.19. The van der Waals surface area contributed by atoms with Crippen molar-refractivity contribution in [1.82, 2.24) is 9.21 Å². The third-order valence-electron chi connectivity index (χ3n) is 3.00. The van der Waals surface area contributed by atoms with Gasteiger partial charge in [0.1, 0.15) is 0 Å². The van der Waals surface area contributed by atoms with E-state index in [1.807, 2.05) is 0 Å². The molecule has 0 aromatic carbocycles. The summed E-state index contributed by atoms with van der Waals surface area (Å²) in [5, 5.41) is 13.6. The smallest absolute Gasteiger partial charge is 0.303 e. The molecule has 8 nitrogen and oxygen atoms in total. The van der Waals surface area contributed by atoms with Crippen molar-refractivity contribution < 1.29 is 23.1 Å².